The van der Waals surface area contributed by atoms with Crippen molar-refractivity contribution >= 4 is 23.4 Å². The number of hydrogen-bond acceptors (Lipinski definition) is 5. The highest BCUT2D eigenvalue weighted by Gasteiger charge is 2.29. The van der Waals surface area contributed by atoms with Gasteiger partial charge in [0.2, 0.25) is 0 Å². The van der Waals surface area contributed by atoms with E-state index in [1.54, 1.807) is 6.33 Å². The zero-order valence-corrected chi connectivity index (χ0v) is 13.3. The molecule has 1 aliphatic rings. The predicted octanol–water partition coefficient (Wildman–Crippen LogP) is 2.97. The van der Waals surface area contributed by atoms with Crippen LogP contribution in [0.3, 0.4) is 0 Å². The monoisotopic (exact) mass is 280 g/mol. The van der Waals surface area contributed by atoms with Crippen molar-refractivity contribution in [3.05, 3.63) is 11.9 Å². The molecule has 0 radical (unpaired) electrons. The summed E-state index contributed by atoms with van der Waals surface area (Å²) in [5.41, 5.74) is 1.23. The standard InChI is InChI=1S/C14H24N4S/c1-9(2)12-13(15-5)16-8-17-14(12)18-6-7-19-11(4)10(18)3/h8-11H,6-7H2,1-5H3,(H,15,16,17). The summed E-state index contributed by atoms with van der Waals surface area (Å²) >= 11 is 2.05. The summed E-state index contributed by atoms with van der Waals surface area (Å²) in [6.45, 7) is 10.1. The topological polar surface area (TPSA) is 41.1 Å². The molecule has 2 rings (SSSR count). The minimum Gasteiger partial charge on any atom is -0.373 e. The number of anilines is 2. The highest BCUT2D eigenvalue weighted by atomic mass is 32.2. The van der Waals surface area contributed by atoms with Crippen LogP contribution in [0.15, 0.2) is 6.33 Å². The molecule has 0 spiro atoms. The van der Waals surface area contributed by atoms with Crippen LogP contribution < -0.4 is 10.2 Å². The molecule has 4 nitrogen and oxygen atoms in total. The predicted molar refractivity (Wildman–Crippen MR) is 84.4 cm³/mol. The fourth-order valence-corrected chi connectivity index (χ4v) is 3.68. The Morgan fingerprint density at radius 3 is 2.74 bits per heavy atom. The molecule has 0 aromatic carbocycles. The van der Waals surface area contributed by atoms with E-state index in [1.807, 2.05) is 18.8 Å². The molecule has 1 aliphatic heterocycles. The number of thioether (sulfide) groups is 1. The van der Waals surface area contributed by atoms with Gasteiger partial charge >= 0.3 is 0 Å². The third kappa shape index (κ3) is 2.81. The summed E-state index contributed by atoms with van der Waals surface area (Å²) in [5, 5.41) is 3.84. The third-order valence-electron chi connectivity index (χ3n) is 3.83. The second-order valence-corrected chi connectivity index (χ2v) is 6.86. The average molecular weight is 280 g/mol. The molecule has 1 aromatic heterocycles. The van der Waals surface area contributed by atoms with Crippen molar-refractivity contribution in [1.29, 1.82) is 0 Å². The molecular weight excluding hydrogens is 256 g/mol. The Morgan fingerprint density at radius 1 is 1.37 bits per heavy atom. The lowest BCUT2D eigenvalue weighted by atomic mass is 10.0. The van der Waals surface area contributed by atoms with Gasteiger partial charge in [0.1, 0.15) is 18.0 Å². The fraction of sp³-hybridized carbons (Fsp3) is 0.714. The van der Waals surface area contributed by atoms with Crippen molar-refractivity contribution in [3.63, 3.8) is 0 Å². The van der Waals surface area contributed by atoms with Gasteiger partial charge in [-0.3, -0.25) is 0 Å². The zero-order chi connectivity index (χ0) is 14.0. The Morgan fingerprint density at radius 2 is 2.11 bits per heavy atom. The van der Waals surface area contributed by atoms with E-state index in [2.05, 4.69) is 47.9 Å². The molecule has 19 heavy (non-hydrogen) atoms. The lowest BCUT2D eigenvalue weighted by Gasteiger charge is -2.39. The lowest BCUT2D eigenvalue weighted by molar-refractivity contribution is 0.614. The van der Waals surface area contributed by atoms with E-state index in [-0.39, 0.29) is 0 Å². The zero-order valence-electron chi connectivity index (χ0n) is 12.5. The Balaban J connectivity index is 2.43. The van der Waals surface area contributed by atoms with Crippen LogP contribution in [0.1, 0.15) is 39.2 Å². The Hall–Kier alpha value is -0.970. The molecule has 106 valence electrons. The van der Waals surface area contributed by atoms with E-state index in [0.717, 1.165) is 18.2 Å². The molecule has 1 saturated heterocycles. The van der Waals surface area contributed by atoms with Gasteiger partial charge in [0.25, 0.3) is 0 Å². The minimum atomic E-state index is 0.413. The largest absolute Gasteiger partial charge is 0.373 e. The minimum absolute atomic E-state index is 0.413. The summed E-state index contributed by atoms with van der Waals surface area (Å²) in [5.74, 6) is 3.64. The molecule has 0 aliphatic carbocycles. The van der Waals surface area contributed by atoms with Gasteiger partial charge in [-0.25, -0.2) is 9.97 Å². The van der Waals surface area contributed by atoms with Gasteiger partial charge in [0.15, 0.2) is 0 Å². The van der Waals surface area contributed by atoms with Crippen LogP contribution in [0.25, 0.3) is 0 Å². The fourth-order valence-electron chi connectivity index (χ4n) is 2.58. The van der Waals surface area contributed by atoms with E-state index in [4.69, 9.17) is 0 Å². The maximum atomic E-state index is 4.58. The number of rotatable bonds is 3. The molecule has 2 unspecified atom stereocenters. The first-order valence-electron chi connectivity index (χ1n) is 6.97. The van der Waals surface area contributed by atoms with E-state index in [0.29, 0.717) is 17.2 Å². The van der Waals surface area contributed by atoms with Crippen LogP contribution in [0.4, 0.5) is 11.6 Å². The van der Waals surface area contributed by atoms with Crippen molar-refractivity contribution in [3.8, 4) is 0 Å². The number of nitrogens with one attached hydrogen (secondary N) is 1. The van der Waals surface area contributed by atoms with Crippen molar-refractivity contribution < 1.29 is 0 Å². The summed E-state index contributed by atoms with van der Waals surface area (Å²) < 4.78 is 0. The number of nitrogens with zero attached hydrogens (tertiary/aromatic N) is 3. The maximum Gasteiger partial charge on any atom is 0.137 e. The quantitative estimate of drug-likeness (QED) is 0.922. The lowest BCUT2D eigenvalue weighted by Crippen LogP contribution is -2.45. The van der Waals surface area contributed by atoms with Gasteiger partial charge in [0.05, 0.1) is 0 Å². The Kier molecular flexibility index (Phi) is 4.55. The van der Waals surface area contributed by atoms with Gasteiger partial charge in [0, 0.05) is 36.2 Å². The third-order valence-corrected chi connectivity index (χ3v) is 5.17. The van der Waals surface area contributed by atoms with Crippen molar-refractivity contribution in [2.24, 2.45) is 0 Å². The summed E-state index contributed by atoms with van der Waals surface area (Å²) in [7, 11) is 1.93. The van der Waals surface area contributed by atoms with Crippen molar-refractivity contribution in [2.75, 3.05) is 29.6 Å². The van der Waals surface area contributed by atoms with Gasteiger partial charge < -0.3 is 10.2 Å². The molecule has 0 bridgehead atoms. The van der Waals surface area contributed by atoms with Crippen LogP contribution in [0.2, 0.25) is 0 Å². The van der Waals surface area contributed by atoms with E-state index >= 15 is 0 Å². The molecule has 5 heteroatoms. The summed E-state index contributed by atoms with van der Waals surface area (Å²) in [4.78, 5) is 11.4. The second kappa shape index (κ2) is 5.99. The van der Waals surface area contributed by atoms with Crippen LogP contribution in [0, 0.1) is 0 Å². The second-order valence-electron chi connectivity index (χ2n) is 5.37. The average Bonchev–Trinajstić information content (AvgIpc) is 2.40. The van der Waals surface area contributed by atoms with E-state index < -0.39 is 0 Å². The highest BCUT2D eigenvalue weighted by molar-refractivity contribution is 8.00. The van der Waals surface area contributed by atoms with Crippen molar-refractivity contribution in [1.82, 2.24) is 9.97 Å². The molecule has 0 amide bonds. The van der Waals surface area contributed by atoms with E-state index in [9.17, 15) is 0 Å². The van der Waals surface area contributed by atoms with Gasteiger partial charge in [-0.15, -0.1) is 0 Å². The van der Waals surface area contributed by atoms with Crippen molar-refractivity contribution in [2.45, 2.75) is 44.9 Å². The maximum absolute atomic E-state index is 4.58. The Labute approximate surface area is 120 Å². The smallest absolute Gasteiger partial charge is 0.137 e. The van der Waals surface area contributed by atoms with E-state index in [1.165, 1.54) is 11.3 Å². The van der Waals surface area contributed by atoms with Crippen LogP contribution >= 0.6 is 11.8 Å². The molecule has 0 saturated carbocycles. The molecule has 1 N–H and O–H groups in total. The first kappa shape index (κ1) is 14.4. The highest BCUT2D eigenvalue weighted by Crippen LogP contribution is 2.35. The number of hydrogen-bond donors (Lipinski definition) is 1. The van der Waals surface area contributed by atoms with Gasteiger partial charge in [-0.2, -0.15) is 11.8 Å². The molecule has 2 heterocycles. The molecular formula is C14H24N4S. The van der Waals surface area contributed by atoms with Crippen LogP contribution in [-0.2, 0) is 0 Å². The first-order valence-corrected chi connectivity index (χ1v) is 8.02. The SMILES string of the molecule is CNc1ncnc(N2CCSC(C)C2C)c1C(C)C. The molecule has 2 atom stereocenters. The van der Waals surface area contributed by atoms with Crippen LogP contribution in [-0.4, -0.2) is 40.6 Å². The molecule has 1 fully saturated rings. The Bertz CT molecular complexity index is 435. The molecule has 1 aromatic rings. The normalized spacial score (nSPS) is 23.8. The summed E-state index contributed by atoms with van der Waals surface area (Å²) in [6.07, 6.45) is 1.67. The van der Waals surface area contributed by atoms with Gasteiger partial charge in [-0.05, 0) is 12.8 Å². The van der Waals surface area contributed by atoms with Crippen LogP contribution in [0.5, 0.6) is 0 Å². The first-order chi connectivity index (χ1) is 9.06. The number of aromatic nitrogens is 2. The van der Waals surface area contributed by atoms with Gasteiger partial charge in [-0.1, -0.05) is 20.8 Å². The summed E-state index contributed by atoms with van der Waals surface area (Å²) in [6, 6.07) is 0.510.